The number of allylic oxidation sites excluding steroid dienone is 2. The lowest BCUT2D eigenvalue weighted by Crippen LogP contribution is -2.52. The van der Waals surface area contributed by atoms with Crippen LogP contribution in [0.25, 0.3) is 0 Å². The second kappa shape index (κ2) is 10.0. The Kier molecular flexibility index (Phi) is 7.19. The van der Waals surface area contributed by atoms with Crippen LogP contribution in [0, 0.1) is 35.0 Å². The molecule has 6 rings (SSSR count). The van der Waals surface area contributed by atoms with E-state index < -0.39 is 0 Å². The third kappa shape index (κ3) is 4.40. The molecule has 1 unspecified atom stereocenters. The van der Waals surface area contributed by atoms with Crippen LogP contribution in [-0.2, 0) is 9.47 Å². The summed E-state index contributed by atoms with van der Waals surface area (Å²) < 4.78 is 12.9. The molecule has 4 fully saturated rings. The highest BCUT2D eigenvalue weighted by molar-refractivity contribution is 5.34. The van der Waals surface area contributed by atoms with Gasteiger partial charge in [0.15, 0.2) is 0 Å². The predicted molar refractivity (Wildman–Crippen MR) is 146 cm³/mol. The van der Waals surface area contributed by atoms with Gasteiger partial charge in [-0.25, -0.2) is 0 Å². The summed E-state index contributed by atoms with van der Waals surface area (Å²) in [7, 11) is 0. The minimum atomic E-state index is -0.128. The minimum Gasteiger partial charge on any atom is -0.394 e. The Morgan fingerprint density at radius 1 is 1.16 bits per heavy atom. The molecule has 0 radical (unpaired) electrons. The van der Waals surface area contributed by atoms with E-state index in [1.165, 1.54) is 32.1 Å². The molecule has 0 amide bonds. The molecular weight excluding hydrogens is 462 g/mol. The van der Waals surface area contributed by atoms with E-state index in [4.69, 9.17) is 14.6 Å². The summed E-state index contributed by atoms with van der Waals surface area (Å²) >= 11 is 0. The quantitative estimate of drug-likeness (QED) is 0.395. The van der Waals surface area contributed by atoms with Gasteiger partial charge in [0.2, 0.25) is 0 Å². The Morgan fingerprint density at radius 3 is 2.81 bits per heavy atom. The fourth-order valence-electron chi connectivity index (χ4n) is 10.2. The average molecular weight is 514 g/mol. The van der Waals surface area contributed by atoms with Crippen molar-refractivity contribution in [1.82, 2.24) is 4.90 Å². The van der Waals surface area contributed by atoms with Gasteiger partial charge >= 0.3 is 0 Å². The molecule has 208 valence electrons. The molecule has 2 heterocycles. The molecule has 2 aliphatic heterocycles. The van der Waals surface area contributed by atoms with Crippen molar-refractivity contribution in [2.24, 2.45) is 35.0 Å². The van der Waals surface area contributed by atoms with E-state index in [0.29, 0.717) is 48.5 Å². The standard InChI is InChI=1S/C32H51NO4/c1-20-15-29-30(33(19-20)11-13-36-14-12-34)22(3)32(37-29)10-8-25-26-6-5-23-16-24(35)7-9-31(23,4)28(26)17-27(25)21(2)18-32/h5,20,22,24-26,28-30,34-35H,6-19H2,1-4H3/t20-,22+,24-,25?,26-,28-,29+,30-,31-,32-/m0/s1. The maximum atomic E-state index is 10.3. The van der Waals surface area contributed by atoms with Gasteiger partial charge in [0, 0.05) is 25.0 Å². The molecule has 2 saturated carbocycles. The molecule has 2 saturated heterocycles. The lowest BCUT2D eigenvalue weighted by Gasteiger charge is -2.49. The van der Waals surface area contributed by atoms with Crippen LogP contribution in [-0.4, -0.2) is 71.9 Å². The summed E-state index contributed by atoms with van der Waals surface area (Å²) in [6.07, 6.45) is 13.0. The van der Waals surface area contributed by atoms with Gasteiger partial charge < -0.3 is 19.7 Å². The zero-order chi connectivity index (χ0) is 25.9. The average Bonchev–Trinajstić information content (AvgIpc) is 3.32. The zero-order valence-corrected chi connectivity index (χ0v) is 23.8. The molecule has 6 aliphatic rings. The number of hydrogen-bond acceptors (Lipinski definition) is 5. The van der Waals surface area contributed by atoms with E-state index >= 15 is 0 Å². The van der Waals surface area contributed by atoms with Crippen molar-refractivity contribution < 1.29 is 19.7 Å². The van der Waals surface area contributed by atoms with Gasteiger partial charge in [-0.15, -0.1) is 0 Å². The topological polar surface area (TPSA) is 62.2 Å². The maximum Gasteiger partial charge on any atom is 0.0765 e. The first kappa shape index (κ1) is 26.5. The van der Waals surface area contributed by atoms with Gasteiger partial charge in [0.1, 0.15) is 0 Å². The summed E-state index contributed by atoms with van der Waals surface area (Å²) in [4.78, 5) is 2.66. The fraction of sp³-hybridized carbons (Fsp3) is 0.875. The second-order valence-electron chi connectivity index (χ2n) is 14.1. The molecule has 0 aromatic carbocycles. The first-order chi connectivity index (χ1) is 17.8. The zero-order valence-electron chi connectivity index (χ0n) is 23.8. The van der Waals surface area contributed by atoms with Crippen LogP contribution in [0.15, 0.2) is 22.8 Å². The van der Waals surface area contributed by atoms with E-state index in [1.807, 2.05) is 0 Å². The number of rotatable bonds is 5. The number of fused-ring (bicyclic) bond motifs is 6. The Hall–Kier alpha value is -0.720. The van der Waals surface area contributed by atoms with Gasteiger partial charge in [-0.1, -0.05) is 43.6 Å². The molecule has 0 bridgehead atoms. The van der Waals surface area contributed by atoms with Crippen LogP contribution >= 0.6 is 0 Å². The summed E-state index contributed by atoms with van der Waals surface area (Å²) in [6.45, 7) is 13.1. The van der Waals surface area contributed by atoms with Gasteiger partial charge in [-0.3, -0.25) is 4.90 Å². The van der Waals surface area contributed by atoms with Crippen molar-refractivity contribution in [3.63, 3.8) is 0 Å². The Balaban J connectivity index is 1.22. The highest BCUT2D eigenvalue weighted by Crippen LogP contribution is 2.63. The molecule has 1 spiro atoms. The smallest absolute Gasteiger partial charge is 0.0765 e. The molecule has 0 aromatic rings. The molecule has 5 nitrogen and oxygen atoms in total. The van der Waals surface area contributed by atoms with Crippen molar-refractivity contribution in [1.29, 1.82) is 0 Å². The Morgan fingerprint density at radius 2 is 2.00 bits per heavy atom. The van der Waals surface area contributed by atoms with E-state index in [9.17, 15) is 5.11 Å². The van der Waals surface area contributed by atoms with Gasteiger partial charge in [0.25, 0.3) is 0 Å². The molecule has 0 aromatic heterocycles. The lowest BCUT2D eigenvalue weighted by atomic mass is 9.56. The van der Waals surface area contributed by atoms with E-state index in [0.717, 1.165) is 50.6 Å². The van der Waals surface area contributed by atoms with Crippen LogP contribution in [0.1, 0.15) is 85.5 Å². The number of hydrogen-bond donors (Lipinski definition) is 2. The maximum absolute atomic E-state index is 10.3. The van der Waals surface area contributed by atoms with E-state index in [1.54, 1.807) is 16.7 Å². The summed E-state index contributed by atoms with van der Waals surface area (Å²) in [5, 5.41) is 19.4. The molecule has 37 heavy (non-hydrogen) atoms. The van der Waals surface area contributed by atoms with Gasteiger partial charge in [-0.05, 0) is 93.8 Å². The summed E-state index contributed by atoms with van der Waals surface area (Å²) in [6, 6.07) is 0.477. The second-order valence-corrected chi connectivity index (χ2v) is 14.1. The summed E-state index contributed by atoms with van der Waals surface area (Å²) in [5.41, 5.74) is 5.24. The van der Waals surface area contributed by atoms with Crippen molar-refractivity contribution in [3.8, 4) is 0 Å². The van der Waals surface area contributed by atoms with Gasteiger partial charge in [-0.2, -0.15) is 0 Å². The van der Waals surface area contributed by atoms with Crippen LogP contribution in [0.3, 0.4) is 0 Å². The third-order valence-electron chi connectivity index (χ3n) is 12.0. The molecule has 2 N–H and O–H groups in total. The third-order valence-corrected chi connectivity index (χ3v) is 12.0. The minimum absolute atomic E-state index is 0.0327. The van der Waals surface area contributed by atoms with Crippen molar-refractivity contribution in [3.05, 3.63) is 22.8 Å². The number of likely N-dealkylation sites (tertiary alicyclic amines) is 1. The molecular formula is C32H51NO4. The monoisotopic (exact) mass is 513 g/mol. The number of piperidine rings is 1. The van der Waals surface area contributed by atoms with E-state index in [-0.39, 0.29) is 18.3 Å². The van der Waals surface area contributed by atoms with Crippen LogP contribution < -0.4 is 0 Å². The largest absolute Gasteiger partial charge is 0.394 e. The van der Waals surface area contributed by atoms with Crippen molar-refractivity contribution >= 4 is 0 Å². The highest BCUT2D eigenvalue weighted by atomic mass is 16.5. The van der Waals surface area contributed by atoms with Crippen molar-refractivity contribution in [2.75, 3.05) is 32.9 Å². The number of aliphatic hydroxyl groups excluding tert-OH is 2. The fourth-order valence-corrected chi connectivity index (χ4v) is 10.2. The van der Waals surface area contributed by atoms with Gasteiger partial charge in [0.05, 0.1) is 37.6 Å². The van der Waals surface area contributed by atoms with Crippen LogP contribution in [0.4, 0.5) is 0 Å². The number of ether oxygens (including phenoxy) is 2. The SMILES string of the molecule is CC1=C2C[C@H]3[C@@H](CC=C4C[C@@H](O)CC[C@@]43C)C2CC[C@@]2(C1)O[C@@H]1C[C@H](C)CN(CCOCCO)[C@H]1[C@H]2C. The first-order valence-corrected chi connectivity index (χ1v) is 15.4. The van der Waals surface area contributed by atoms with E-state index in [2.05, 4.69) is 38.7 Å². The molecule has 4 aliphatic carbocycles. The lowest BCUT2D eigenvalue weighted by molar-refractivity contribution is -0.0805. The van der Waals surface area contributed by atoms with Crippen LogP contribution in [0.2, 0.25) is 0 Å². The molecule has 10 atom stereocenters. The van der Waals surface area contributed by atoms with Crippen molar-refractivity contribution in [2.45, 2.75) is 109 Å². The Labute approximate surface area is 224 Å². The highest BCUT2D eigenvalue weighted by Gasteiger charge is 2.59. The number of aliphatic hydroxyl groups is 2. The predicted octanol–water partition coefficient (Wildman–Crippen LogP) is 5.11. The Bertz CT molecular complexity index is 930. The normalized spacial score (nSPS) is 47.8. The molecule has 5 heteroatoms. The number of nitrogens with zero attached hydrogens (tertiary/aromatic N) is 1. The van der Waals surface area contributed by atoms with Crippen LogP contribution in [0.5, 0.6) is 0 Å². The first-order valence-electron chi connectivity index (χ1n) is 15.4. The summed E-state index contributed by atoms with van der Waals surface area (Å²) in [5.74, 6) is 3.39.